The predicted molar refractivity (Wildman–Crippen MR) is 112 cm³/mol. The van der Waals surface area contributed by atoms with Crippen LogP contribution in [0.5, 0.6) is 0 Å². The van der Waals surface area contributed by atoms with Crippen molar-refractivity contribution in [2.24, 2.45) is 10.4 Å². The van der Waals surface area contributed by atoms with Gasteiger partial charge in [0.2, 0.25) is 0 Å². The van der Waals surface area contributed by atoms with Crippen LogP contribution in [0.2, 0.25) is 0 Å². The first-order chi connectivity index (χ1) is 11.2. The highest BCUT2D eigenvalue weighted by molar-refractivity contribution is 14.0. The number of benzene rings is 1. The van der Waals surface area contributed by atoms with Gasteiger partial charge in [0.15, 0.2) is 5.96 Å². The number of hydrogen-bond donors (Lipinski definition) is 3. The van der Waals surface area contributed by atoms with Crippen LogP contribution in [-0.4, -0.2) is 37.8 Å². The van der Waals surface area contributed by atoms with Crippen LogP contribution in [0.1, 0.15) is 50.5 Å². The van der Waals surface area contributed by atoms with Crippen molar-refractivity contribution in [2.45, 2.75) is 44.9 Å². The molecule has 0 radical (unpaired) electrons. The van der Waals surface area contributed by atoms with Crippen LogP contribution in [0.3, 0.4) is 0 Å². The average Bonchev–Trinajstić information content (AvgIpc) is 3.08. The van der Waals surface area contributed by atoms with Crippen LogP contribution < -0.4 is 10.6 Å². The average molecular weight is 445 g/mol. The number of aliphatic imine (C=N–C) groups is 1. The maximum absolute atomic E-state index is 9.65. The molecule has 0 amide bonds. The van der Waals surface area contributed by atoms with Gasteiger partial charge in [0.1, 0.15) is 0 Å². The highest BCUT2D eigenvalue weighted by Crippen LogP contribution is 2.40. The van der Waals surface area contributed by atoms with E-state index < -0.39 is 0 Å². The van der Waals surface area contributed by atoms with Crippen LogP contribution >= 0.6 is 24.0 Å². The molecule has 4 nitrogen and oxygen atoms in total. The van der Waals surface area contributed by atoms with Crippen molar-refractivity contribution in [2.75, 3.05) is 26.7 Å². The first kappa shape index (κ1) is 21.2. The molecule has 0 spiro atoms. The number of guanidine groups is 1. The quantitative estimate of drug-likeness (QED) is 0.342. The topological polar surface area (TPSA) is 56.7 Å². The van der Waals surface area contributed by atoms with E-state index in [9.17, 15) is 5.11 Å². The zero-order chi connectivity index (χ0) is 16.5. The second-order valence-electron chi connectivity index (χ2n) is 6.66. The minimum Gasteiger partial charge on any atom is -0.396 e. The Labute approximate surface area is 163 Å². The van der Waals surface area contributed by atoms with Gasteiger partial charge >= 0.3 is 0 Å². The van der Waals surface area contributed by atoms with Gasteiger partial charge in [-0.2, -0.15) is 0 Å². The third kappa shape index (κ3) is 5.92. The Morgan fingerprint density at radius 1 is 1.21 bits per heavy atom. The van der Waals surface area contributed by atoms with Crippen molar-refractivity contribution in [3.63, 3.8) is 0 Å². The molecule has 1 atom stereocenters. The summed E-state index contributed by atoms with van der Waals surface area (Å²) in [5.74, 6) is 0.917. The van der Waals surface area contributed by atoms with Crippen LogP contribution in [0.25, 0.3) is 0 Å². The molecule has 3 N–H and O–H groups in total. The molecule has 136 valence electrons. The molecule has 1 aromatic rings. The van der Waals surface area contributed by atoms with Gasteiger partial charge in [-0.15, -0.1) is 24.0 Å². The molecule has 0 bridgehead atoms. The molecular weight excluding hydrogens is 413 g/mol. The summed E-state index contributed by atoms with van der Waals surface area (Å²) in [5.41, 5.74) is 1.59. The highest BCUT2D eigenvalue weighted by Gasteiger charge is 2.31. The Kier molecular flexibility index (Phi) is 9.66. The molecule has 0 saturated heterocycles. The SMILES string of the molecule is CCC1(CNC(=NC)NCC(CO)c2ccccc2)CCCC1.I. The van der Waals surface area contributed by atoms with E-state index in [0.717, 1.165) is 18.1 Å². The Bertz CT molecular complexity index is 487. The summed E-state index contributed by atoms with van der Waals surface area (Å²) < 4.78 is 0. The number of rotatable bonds is 7. The van der Waals surface area contributed by atoms with E-state index in [1.54, 1.807) is 7.05 Å². The molecule has 0 aromatic heterocycles. The molecule has 1 aliphatic carbocycles. The van der Waals surface area contributed by atoms with E-state index in [2.05, 4.69) is 34.7 Å². The van der Waals surface area contributed by atoms with Crippen molar-refractivity contribution < 1.29 is 5.11 Å². The van der Waals surface area contributed by atoms with Gasteiger partial charge in [0.25, 0.3) is 0 Å². The molecule has 24 heavy (non-hydrogen) atoms. The molecule has 1 aromatic carbocycles. The van der Waals surface area contributed by atoms with E-state index >= 15 is 0 Å². The molecule has 0 heterocycles. The van der Waals surface area contributed by atoms with Crippen LogP contribution in [0, 0.1) is 5.41 Å². The molecule has 1 fully saturated rings. The van der Waals surface area contributed by atoms with E-state index in [1.165, 1.54) is 32.1 Å². The van der Waals surface area contributed by atoms with Crippen molar-refractivity contribution in [1.82, 2.24) is 10.6 Å². The molecule has 1 saturated carbocycles. The van der Waals surface area contributed by atoms with E-state index in [0.29, 0.717) is 12.0 Å². The Balaban J connectivity index is 0.00000288. The van der Waals surface area contributed by atoms with Gasteiger partial charge in [0, 0.05) is 26.1 Å². The normalized spacial score (nSPS) is 17.9. The molecular formula is C19H32IN3O. The summed E-state index contributed by atoms with van der Waals surface area (Å²) in [6.45, 7) is 4.09. The van der Waals surface area contributed by atoms with Gasteiger partial charge < -0.3 is 15.7 Å². The monoisotopic (exact) mass is 445 g/mol. The van der Waals surface area contributed by atoms with Crippen molar-refractivity contribution in [3.8, 4) is 0 Å². The van der Waals surface area contributed by atoms with Crippen molar-refractivity contribution in [1.29, 1.82) is 0 Å². The number of aliphatic hydroxyl groups excluding tert-OH is 1. The maximum Gasteiger partial charge on any atom is 0.191 e. The molecule has 2 rings (SSSR count). The van der Waals surface area contributed by atoms with Crippen LogP contribution in [-0.2, 0) is 0 Å². The van der Waals surface area contributed by atoms with Gasteiger partial charge in [-0.3, -0.25) is 4.99 Å². The minimum atomic E-state index is 0. The molecule has 1 aliphatic rings. The lowest BCUT2D eigenvalue weighted by Crippen LogP contribution is -2.44. The number of aliphatic hydroxyl groups is 1. The van der Waals surface area contributed by atoms with E-state index in [-0.39, 0.29) is 36.5 Å². The zero-order valence-electron chi connectivity index (χ0n) is 14.9. The van der Waals surface area contributed by atoms with Crippen molar-refractivity contribution in [3.05, 3.63) is 35.9 Å². The zero-order valence-corrected chi connectivity index (χ0v) is 17.3. The third-order valence-corrected chi connectivity index (χ3v) is 5.28. The number of hydrogen-bond acceptors (Lipinski definition) is 2. The predicted octanol–water partition coefficient (Wildman–Crippen LogP) is 3.52. The summed E-state index contributed by atoms with van der Waals surface area (Å²) in [5, 5.41) is 16.5. The Hall–Kier alpha value is -0.820. The summed E-state index contributed by atoms with van der Waals surface area (Å²) in [4.78, 5) is 4.33. The molecule has 0 aliphatic heterocycles. The van der Waals surface area contributed by atoms with Crippen molar-refractivity contribution >= 4 is 29.9 Å². The standard InChI is InChI=1S/C19H31N3O.HI/c1-3-19(11-7-8-12-19)15-22-18(20-2)21-13-17(14-23)16-9-5-4-6-10-16;/h4-6,9-10,17,23H,3,7-8,11-15H2,1-2H3,(H2,20,21,22);1H. The lowest BCUT2D eigenvalue weighted by molar-refractivity contribution is 0.264. The molecule has 1 unspecified atom stereocenters. The smallest absolute Gasteiger partial charge is 0.191 e. The minimum absolute atomic E-state index is 0. The van der Waals surface area contributed by atoms with Crippen LogP contribution in [0.15, 0.2) is 35.3 Å². The second-order valence-corrected chi connectivity index (χ2v) is 6.66. The first-order valence-electron chi connectivity index (χ1n) is 8.83. The Morgan fingerprint density at radius 3 is 2.42 bits per heavy atom. The molecule has 5 heteroatoms. The first-order valence-corrected chi connectivity index (χ1v) is 8.83. The van der Waals surface area contributed by atoms with E-state index in [1.807, 2.05) is 18.2 Å². The summed E-state index contributed by atoms with van der Waals surface area (Å²) in [7, 11) is 1.80. The van der Waals surface area contributed by atoms with E-state index in [4.69, 9.17) is 0 Å². The number of halogens is 1. The van der Waals surface area contributed by atoms with Gasteiger partial charge in [-0.1, -0.05) is 50.1 Å². The highest BCUT2D eigenvalue weighted by atomic mass is 127. The Morgan fingerprint density at radius 2 is 1.88 bits per heavy atom. The number of nitrogens with one attached hydrogen (secondary N) is 2. The summed E-state index contributed by atoms with van der Waals surface area (Å²) in [6, 6.07) is 10.1. The van der Waals surface area contributed by atoms with Gasteiger partial charge in [-0.25, -0.2) is 0 Å². The van der Waals surface area contributed by atoms with Gasteiger partial charge in [-0.05, 0) is 30.2 Å². The third-order valence-electron chi connectivity index (χ3n) is 5.28. The summed E-state index contributed by atoms with van der Waals surface area (Å²) in [6.07, 6.45) is 6.55. The van der Waals surface area contributed by atoms with Crippen LogP contribution in [0.4, 0.5) is 0 Å². The fourth-order valence-electron chi connectivity index (χ4n) is 3.51. The fourth-order valence-corrected chi connectivity index (χ4v) is 3.51. The largest absolute Gasteiger partial charge is 0.396 e. The maximum atomic E-state index is 9.65. The lowest BCUT2D eigenvalue weighted by Gasteiger charge is -2.29. The van der Waals surface area contributed by atoms with Gasteiger partial charge in [0.05, 0.1) is 6.61 Å². The second kappa shape index (κ2) is 10.9. The fraction of sp³-hybridized carbons (Fsp3) is 0.632. The summed E-state index contributed by atoms with van der Waals surface area (Å²) >= 11 is 0. The lowest BCUT2D eigenvalue weighted by atomic mass is 9.83. The number of nitrogens with zero attached hydrogens (tertiary/aromatic N) is 1.